The van der Waals surface area contributed by atoms with E-state index in [1.807, 2.05) is 54.8 Å². The normalized spacial score (nSPS) is 11.8. The summed E-state index contributed by atoms with van der Waals surface area (Å²) in [6, 6.07) is 15.6. The molecule has 0 aliphatic carbocycles. The van der Waals surface area contributed by atoms with Crippen molar-refractivity contribution in [2.24, 2.45) is 0 Å². The Bertz CT molecular complexity index is 1900. The van der Waals surface area contributed by atoms with Crippen molar-refractivity contribution in [2.45, 2.75) is 90.9 Å². The van der Waals surface area contributed by atoms with Crippen LogP contribution in [-0.2, 0) is 46.9 Å². The summed E-state index contributed by atoms with van der Waals surface area (Å²) in [5, 5.41) is 18.2. The number of thiol groups is 1. The van der Waals surface area contributed by atoms with Gasteiger partial charge in [-0.1, -0.05) is 68.8 Å². The highest BCUT2D eigenvalue weighted by molar-refractivity contribution is 7.80. The van der Waals surface area contributed by atoms with E-state index in [1.54, 1.807) is 18.2 Å². The zero-order valence-electron chi connectivity index (χ0n) is 29.4. The third-order valence-electron chi connectivity index (χ3n) is 8.58. The third-order valence-corrected chi connectivity index (χ3v) is 8.90. The summed E-state index contributed by atoms with van der Waals surface area (Å²) in [7, 11) is 0. The number of aliphatic carboxylic acids is 1. The molecule has 0 saturated heterocycles. The number of benzene rings is 2. The number of aromatic nitrogens is 4. The third kappa shape index (κ3) is 10.7. The molecule has 0 fully saturated rings. The molecule has 2 amide bonds. The molecule has 51 heavy (non-hydrogen) atoms. The number of rotatable bonds is 21. The number of hydrogen-bond acceptors (Lipinski definition) is 8. The molecule has 4 rings (SSSR count). The average Bonchev–Trinajstić information content (AvgIpc) is 3.46. The quantitative estimate of drug-likeness (QED) is 0.0643. The first-order chi connectivity index (χ1) is 24.7. The standard InChI is InChI=1S/C37H49N7O6S/c1-3-20-44-36(49)33-34(41-30(42(33)22-19-38-4-2)24-26-13-7-5-8-14-26)43(37(44)50)21-18-27-15-10-11-16-28(27)40-35(48)29(25-32(46)47)39-31(45)17-9-6-12-23-51/h5,7-8,10-11,13-16,29,38,51H,3-4,6,9,12,17-25H2,1-2H3,(H,39,45)(H,40,48)(H,46,47). The van der Waals surface area contributed by atoms with E-state index in [0.717, 1.165) is 24.9 Å². The van der Waals surface area contributed by atoms with Crippen molar-refractivity contribution >= 4 is 47.3 Å². The molecule has 0 radical (unpaired) electrons. The van der Waals surface area contributed by atoms with Crippen LogP contribution in [0.4, 0.5) is 5.69 Å². The van der Waals surface area contributed by atoms with Crippen molar-refractivity contribution in [3.63, 3.8) is 0 Å². The summed E-state index contributed by atoms with van der Waals surface area (Å²) >= 11 is 4.17. The number of likely N-dealkylation sites (N-methyl/N-ethyl adjacent to an activating group) is 1. The number of carbonyl (C=O) groups is 3. The van der Waals surface area contributed by atoms with Crippen molar-refractivity contribution in [3.8, 4) is 0 Å². The predicted molar refractivity (Wildman–Crippen MR) is 202 cm³/mol. The van der Waals surface area contributed by atoms with Crippen molar-refractivity contribution in [1.82, 2.24) is 29.3 Å². The number of carboxylic acid groups (broad SMARTS) is 1. The van der Waals surface area contributed by atoms with Crippen LogP contribution in [0.5, 0.6) is 0 Å². The lowest BCUT2D eigenvalue weighted by Crippen LogP contribution is -2.45. The van der Waals surface area contributed by atoms with Crippen LogP contribution in [0.15, 0.2) is 64.2 Å². The second-order valence-electron chi connectivity index (χ2n) is 12.4. The largest absolute Gasteiger partial charge is 0.481 e. The Kier molecular flexibility index (Phi) is 15.1. The maximum atomic E-state index is 13.9. The van der Waals surface area contributed by atoms with Gasteiger partial charge in [0.05, 0.1) is 6.42 Å². The van der Waals surface area contributed by atoms with Gasteiger partial charge in [-0.05, 0) is 55.2 Å². The first kappa shape index (κ1) is 39.1. The van der Waals surface area contributed by atoms with Crippen LogP contribution >= 0.6 is 12.6 Å². The van der Waals surface area contributed by atoms with Gasteiger partial charge < -0.3 is 25.6 Å². The van der Waals surface area contributed by atoms with E-state index < -0.39 is 35.9 Å². The lowest BCUT2D eigenvalue weighted by atomic mass is 10.1. The van der Waals surface area contributed by atoms with Crippen LogP contribution in [-0.4, -0.2) is 66.5 Å². The number of imidazole rings is 1. The minimum atomic E-state index is -1.28. The molecular weight excluding hydrogens is 671 g/mol. The van der Waals surface area contributed by atoms with Crippen molar-refractivity contribution in [3.05, 3.63) is 92.4 Å². The summed E-state index contributed by atoms with van der Waals surface area (Å²) < 4.78 is 4.72. The van der Waals surface area contributed by atoms with Gasteiger partial charge in [0.1, 0.15) is 11.9 Å². The number of unbranched alkanes of at least 4 members (excludes halogenated alkanes) is 2. The van der Waals surface area contributed by atoms with E-state index in [2.05, 4.69) is 28.6 Å². The van der Waals surface area contributed by atoms with Gasteiger partial charge in [-0.15, -0.1) is 0 Å². The minimum absolute atomic E-state index is 0.156. The highest BCUT2D eigenvalue weighted by Gasteiger charge is 2.25. The van der Waals surface area contributed by atoms with E-state index in [-0.39, 0.29) is 31.5 Å². The fraction of sp³-hybridized carbons (Fsp3) is 0.459. The highest BCUT2D eigenvalue weighted by atomic mass is 32.1. The van der Waals surface area contributed by atoms with Crippen LogP contribution < -0.4 is 27.2 Å². The second-order valence-corrected chi connectivity index (χ2v) is 12.9. The maximum absolute atomic E-state index is 13.9. The monoisotopic (exact) mass is 719 g/mol. The summed E-state index contributed by atoms with van der Waals surface area (Å²) in [6.07, 6.45) is 3.21. The number of hydrogen-bond donors (Lipinski definition) is 5. The number of carboxylic acids is 1. The Hall–Kier alpha value is -4.69. The van der Waals surface area contributed by atoms with Gasteiger partial charge in [0.25, 0.3) is 5.56 Å². The lowest BCUT2D eigenvalue weighted by molar-refractivity contribution is -0.139. The Morgan fingerprint density at radius 2 is 1.65 bits per heavy atom. The summed E-state index contributed by atoms with van der Waals surface area (Å²) in [6.45, 7) is 6.20. The molecule has 0 saturated carbocycles. The molecule has 0 bridgehead atoms. The van der Waals surface area contributed by atoms with Gasteiger partial charge in [0.15, 0.2) is 11.2 Å². The number of amides is 2. The van der Waals surface area contributed by atoms with E-state index in [4.69, 9.17) is 4.98 Å². The molecule has 2 aromatic carbocycles. The smallest absolute Gasteiger partial charge is 0.332 e. The number of nitrogens with zero attached hydrogens (tertiary/aromatic N) is 4. The SMILES string of the molecule is CCCn1c(=O)c2c(nc(Cc3ccccc3)n2CCNCC)n(CCc2ccccc2NC(=O)C(CC(=O)O)NC(=O)CCCCCS)c1=O. The molecule has 0 aliphatic rings. The minimum Gasteiger partial charge on any atom is -0.481 e. The Labute approximate surface area is 302 Å². The number of para-hydroxylation sites is 1. The average molecular weight is 720 g/mol. The summed E-state index contributed by atoms with van der Waals surface area (Å²) in [5.41, 5.74) is 1.96. The van der Waals surface area contributed by atoms with E-state index in [1.165, 1.54) is 9.13 Å². The second kappa shape index (κ2) is 19.6. The molecule has 14 heteroatoms. The van der Waals surface area contributed by atoms with Crippen molar-refractivity contribution in [1.29, 1.82) is 0 Å². The van der Waals surface area contributed by atoms with Gasteiger partial charge >= 0.3 is 11.7 Å². The van der Waals surface area contributed by atoms with Gasteiger partial charge in [-0.2, -0.15) is 12.6 Å². The molecule has 4 N–H and O–H groups in total. The molecule has 0 spiro atoms. The van der Waals surface area contributed by atoms with Gasteiger partial charge in [-0.25, -0.2) is 9.78 Å². The molecule has 2 heterocycles. The van der Waals surface area contributed by atoms with Crippen LogP contribution in [0.3, 0.4) is 0 Å². The Morgan fingerprint density at radius 3 is 2.35 bits per heavy atom. The van der Waals surface area contributed by atoms with Gasteiger partial charge in [0, 0.05) is 44.7 Å². The first-order valence-electron chi connectivity index (χ1n) is 17.7. The first-order valence-corrected chi connectivity index (χ1v) is 18.3. The molecular formula is C37H49N7O6S. The zero-order chi connectivity index (χ0) is 36.8. The summed E-state index contributed by atoms with van der Waals surface area (Å²) in [5.74, 6) is -0.890. The van der Waals surface area contributed by atoms with E-state index in [9.17, 15) is 29.1 Å². The Balaban J connectivity index is 1.66. The Morgan fingerprint density at radius 1 is 0.902 bits per heavy atom. The van der Waals surface area contributed by atoms with Crippen molar-refractivity contribution < 1.29 is 19.5 Å². The lowest BCUT2D eigenvalue weighted by Gasteiger charge is -2.19. The fourth-order valence-electron chi connectivity index (χ4n) is 6.02. The van der Waals surface area contributed by atoms with Crippen LogP contribution in [0, 0.1) is 0 Å². The van der Waals surface area contributed by atoms with Crippen molar-refractivity contribution in [2.75, 3.05) is 24.2 Å². The summed E-state index contributed by atoms with van der Waals surface area (Å²) in [4.78, 5) is 70.3. The molecule has 4 aromatic rings. The predicted octanol–water partition coefficient (Wildman–Crippen LogP) is 3.60. The molecule has 1 unspecified atom stereocenters. The molecule has 13 nitrogen and oxygen atoms in total. The molecule has 1 atom stereocenters. The zero-order valence-corrected chi connectivity index (χ0v) is 30.3. The van der Waals surface area contributed by atoms with Crippen LogP contribution in [0.1, 0.15) is 69.3 Å². The number of carbonyl (C=O) groups excluding carboxylic acids is 2. The fourth-order valence-corrected chi connectivity index (χ4v) is 6.24. The van der Waals surface area contributed by atoms with Crippen LogP contribution in [0.25, 0.3) is 11.2 Å². The molecule has 274 valence electrons. The number of fused-ring (bicyclic) bond motifs is 1. The van der Waals surface area contributed by atoms with Crippen LogP contribution in [0.2, 0.25) is 0 Å². The van der Waals surface area contributed by atoms with Gasteiger partial charge in [-0.3, -0.25) is 28.3 Å². The van der Waals surface area contributed by atoms with Gasteiger partial charge in [0.2, 0.25) is 11.8 Å². The molecule has 2 aromatic heterocycles. The molecule has 0 aliphatic heterocycles. The topological polar surface area (TPSA) is 169 Å². The van der Waals surface area contributed by atoms with E-state index in [0.29, 0.717) is 66.3 Å². The number of anilines is 1. The maximum Gasteiger partial charge on any atom is 0.332 e. The van der Waals surface area contributed by atoms with E-state index >= 15 is 0 Å². The number of nitrogens with one attached hydrogen (secondary N) is 3. The number of aryl methyl sites for hydroxylation is 2. The highest BCUT2D eigenvalue weighted by Crippen LogP contribution is 2.20.